The average molecular weight is 267 g/mol. The second-order valence-corrected chi connectivity index (χ2v) is 4.73. The van der Waals surface area contributed by atoms with Crippen molar-refractivity contribution in [1.29, 1.82) is 0 Å². The van der Waals surface area contributed by atoms with Crippen LogP contribution in [0.5, 0.6) is 0 Å². The third-order valence-electron chi connectivity index (χ3n) is 2.73. The van der Waals surface area contributed by atoms with E-state index in [0.29, 0.717) is 18.3 Å². The minimum Gasteiger partial charge on any atom is -0.477 e. The molecule has 1 aromatic heterocycles. The Bertz CT molecular complexity index is 488. The number of nitrogens with zero attached hydrogens (tertiary/aromatic N) is 3. The number of hydrogen-bond acceptors (Lipinski definition) is 5. The van der Waals surface area contributed by atoms with Crippen molar-refractivity contribution in [2.24, 2.45) is 5.92 Å². The Morgan fingerprint density at radius 3 is 2.68 bits per heavy atom. The lowest BCUT2D eigenvalue weighted by atomic mass is 10.1. The summed E-state index contributed by atoms with van der Waals surface area (Å²) in [4.78, 5) is 26.7. The lowest BCUT2D eigenvalue weighted by molar-refractivity contribution is -0.385. The van der Waals surface area contributed by atoms with E-state index in [1.54, 1.807) is 11.9 Å². The first-order valence-electron chi connectivity index (χ1n) is 5.91. The Labute approximate surface area is 111 Å². The smallest absolute Gasteiger partial charge is 0.342 e. The maximum Gasteiger partial charge on any atom is 0.342 e. The van der Waals surface area contributed by atoms with Crippen molar-refractivity contribution in [2.75, 3.05) is 18.5 Å². The molecule has 0 atom stereocenters. The van der Waals surface area contributed by atoms with Crippen LogP contribution in [-0.4, -0.2) is 34.6 Å². The molecule has 1 N–H and O–H groups in total. The van der Waals surface area contributed by atoms with Crippen LogP contribution in [-0.2, 0) is 0 Å². The van der Waals surface area contributed by atoms with Crippen LogP contribution in [0.15, 0.2) is 12.3 Å². The van der Waals surface area contributed by atoms with E-state index in [4.69, 9.17) is 5.11 Å². The van der Waals surface area contributed by atoms with Gasteiger partial charge in [0.15, 0.2) is 0 Å². The number of carbonyl (C=O) groups is 1. The zero-order valence-electron chi connectivity index (χ0n) is 11.2. The zero-order chi connectivity index (χ0) is 14.6. The molecule has 1 rings (SSSR count). The van der Waals surface area contributed by atoms with Crippen molar-refractivity contribution in [1.82, 2.24) is 4.98 Å². The Kier molecular flexibility index (Phi) is 4.80. The van der Waals surface area contributed by atoms with E-state index in [2.05, 4.69) is 18.8 Å². The molecule has 0 unspecified atom stereocenters. The predicted molar refractivity (Wildman–Crippen MR) is 70.6 cm³/mol. The van der Waals surface area contributed by atoms with Gasteiger partial charge in [0.05, 0.1) is 4.92 Å². The minimum absolute atomic E-state index is 0.341. The molecule has 0 amide bonds. The minimum atomic E-state index is -1.33. The first-order valence-corrected chi connectivity index (χ1v) is 5.91. The van der Waals surface area contributed by atoms with Gasteiger partial charge in [-0.05, 0) is 12.3 Å². The SMILES string of the molecule is CC(C)CCN(C)c1cc(C(=O)O)c([N+](=O)[O-])cn1. The van der Waals surface area contributed by atoms with Crippen LogP contribution < -0.4 is 4.90 Å². The Morgan fingerprint density at radius 1 is 1.58 bits per heavy atom. The summed E-state index contributed by atoms with van der Waals surface area (Å²) < 4.78 is 0. The van der Waals surface area contributed by atoms with Gasteiger partial charge in [-0.15, -0.1) is 0 Å². The summed E-state index contributed by atoms with van der Waals surface area (Å²) >= 11 is 0. The molecule has 0 fully saturated rings. The van der Waals surface area contributed by atoms with Crippen LogP contribution in [0.2, 0.25) is 0 Å². The van der Waals surface area contributed by atoms with Gasteiger partial charge in [0.1, 0.15) is 17.6 Å². The summed E-state index contributed by atoms with van der Waals surface area (Å²) in [5, 5.41) is 19.7. The maximum atomic E-state index is 11.0. The highest BCUT2D eigenvalue weighted by Crippen LogP contribution is 2.22. The molecule has 1 heterocycles. The largest absolute Gasteiger partial charge is 0.477 e. The van der Waals surface area contributed by atoms with Gasteiger partial charge in [0.2, 0.25) is 0 Å². The highest BCUT2D eigenvalue weighted by atomic mass is 16.6. The summed E-state index contributed by atoms with van der Waals surface area (Å²) in [6.07, 6.45) is 1.92. The topological polar surface area (TPSA) is 96.6 Å². The molecule has 0 spiro atoms. The van der Waals surface area contributed by atoms with Gasteiger partial charge in [0, 0.05) is 19.7 Å². The highest BCUT2D eigenvalue weighted by molar-refractivity contribution is 5.93. The average Bonchev–Trinajstić information content (AvgIpc) is 2.34. The fourth-order valence-corrected chi connectivity index (χ4v) is 1.53. The summed E-state index contributed by atoms with van der Waals surface area (Å²) in [5.74, 6) is -0.393. The Morgan fingerprint density at radius 2 is 2.21 bits per heavy atom. The van der Waals surface area contributed by atoms with E-state index in [0.717, 1.165) is 12.6 Å². The van der Waals surface area contributed by atoms with E-state index in [1.165, 1.54) is 6.07 Å². The van der Waals surface area contributed by atoms with Gasteiger partial charge >= 0.3 is 11.7 Å². The highest BCUT2D eigenvalue weighted by Gasteiger charge is 2.21. The molecular weight excluding hydrogens is 250 g/mol. The zero-order valence-corrected chi connectivity index (χ0v) is 11.2. The van der Waals surface area contributed by atoms with Crippen LogP contribution in [0.3, 0.4) is 0 Å². The van der Waals surface area contributed by atoms with Gasteiger partial charge < -0.3 is 10.0 Å². The summed E-state index contributed by atoms with van der Waals surface area (Å²) in [6.45, 7) is 4.88. The third kappa shape index (κ3) is 3.90. The number of aromatic nitrogens is 1. The Balaban J connectivity index is 3.01. The van der Waals surface area contributed by atoms with E-state index in [-0.39, 0.29) is 5.56 Å². The molecule has 0 aliphatic carbocycles. The van der Waals surface area contributed by atoms with Crippen molar-refractivity contribution in [3.63, 3.8) is 0 Å². The lowest BCUT2D eigenvalue weighted by Gasteiger charge is -2.19. The molecular formula is C12H17N3O4. The molecule has 19 heavy (non-hydrogen) atoms. The van der Waals surface area contributed by atoms with Gasteiger partial charge in [-0.3, -0.25) is 10.1 Å². The fourth-order valence-electron chi connectivity index (χ4n) is 1.53. The number of anilines is 1. The Hall–Kier alpha value is -2.18. The standard InChI is InChI=1S/C12H17N3O4/c1-8(2)4-5-14(3)11-6-9(12(16)17)10(7-13-11)15(18)19/h6-8H,4-5H2,1-3H3,(H,16,17). The summed E-state index contributed by atoms with van der Waals surface area (Å²) in [6, 6.07) is 1.24. The molecule has 0 aliphatic heterocycles. The third-order valence-corrected chi connectivity index (χ3v) is 2.73. The monoisotopic (exact) mass is 267 g/mol. The summed E-state index contributed by atoms with van der Waals surface area (Å²) in [5.41, 5.74) is -0.833. The molecule has 0 saturated carbocycles. The van der Waals surface area contributed by atoms with E-state index in [1.807, 2.05) is 0 Å². The molecule has 7 nitrogen and oxygen atoms in total. The second-order valence-electron chi connectivity index (χ2n) is 4.73. The van der Waals surface area contributed by atoms with Crippen LogP contribution >= 0.6 is 0 Å². The van der Waals surface area contributed by atoms with E-state index < -0.39 is 16.6 Å². The first-order chi connectivity index (χ1) is 8.82. The van der Waals surface area contributed by atoms with Crippen molar-refractivity contribution >= 4 is 17.5 Å². The van der Waals surface area contributed by atoms with Crippen LogP contribution in [0.1, 0.15) is 30.6 Å². The van der Waals surface area contributed by atoms with E-state index >= 15 is 0 Å². The van der Waals surface area contributed by atoms with Crippen molar-refractivity contribution in [2.45, 2.75) is 20.3 Å². The number of pyridine rings is 1. The lowest BCUT2D eigenvalue weighted by Crippen LogP contribution is -2.21. The molecule has 7 heteroatoms. The fraction of sp³-hybridized carbons (Fsp3) is 0.500. The normalized spacial score (nSPS) is 10.5. The molecule has 1 aromatic rings. The van der Waals surface area contributed by atoms with E-state index in [9.17, 15) is 14.9 Å². The molecule has 0 radical (unpaired) electrons. The van der Waals surface area contributed by atoms with Gasteiger partial charge in [-0.1, -0.05) is 13.8 Å². The van der Waals surface area contributed by atoms with Crippen molar-refractivity contribution in [3.8, 4) is 0 Å². The van der Waals surface area contributed by atoms with Crippen LogP contribution in [0, 0.1) is 16.0 Å². The van der Waals surface area contributed by atoms with Gasteiger partial charge in [0.25, 0.3) is 0 Å². The number of rotatable bonds is 6. The number of carboxylic acid groups (broad SMARTS) is 1. The predicted octanol–water partition coefficient (Wildman–Crippen LogP) is 2.17. The molecule has 0 saturated heterocycles. The summed E-state index contributed by atoms with van der Waals surface area (Å²) in [7, 11) is 1.78. The van der Waals surface area contributed by atoms with Crippen LogP contribution in [0.25, 0.3) is 0 Å². The number of hydrogen-bond donors (Lipinski definition) is 1. The first kappa shape index (κ1) is 14.9. The van der Waals surface area contributed by atoms with Crippen molar-refractivity contribution < 1.29 is 14.8 Å². The van der Waals surface area contributed by atoms with Gasteiger partial charge in [-0.2, -0.15) is 0 Å². The maximum absolute atomic E-state index is 11.0. The molecule has 104 valence electrons. The molecule has 0 aromatic carbocycles. The van der Waals surface area contributed by atoms with Crippen LogP contribution in [0.4, 0.5) is 11.5 Å². The van der Waals surface area contributed by atoms with Crippen molar-refractivity contribution in [3.05, 3.63) is 27.9 Å². The molecule has 0 bridgehead atoms. The number of carboxylic acids is 1. The quantitative estimate of drug-likeness (QED) is 0.626. The number of aromatic carboxylic acids is 1. The second kappa shape index (κ2) is 6.12. The molecule has 0 aliphatic rings. The number of nitro groups is 1. The van der Waals surface area contributed by atoms with Gasteiger partial charge in [-0.25, -0.2) is 9.78 Å².